The molecule has 1 saturated heterocycles. The highest BCUT2D eigenvalue weighted by molar-refractivity contribution is 6.31. The summed E-state index contributed by atoms with van der Waals surface area (Å²) in [6.45, 7) is 6.49. The molecule has 0 aliphatic carbocycles. The van der Waals surface area contributed by atoms with Crippen LogP contribution in [0, 0.1) is 5.82 Å². The zero-order chi connectivity index (χ0) is 19.8. The van der Waals surface area contributed by atoms with Crippen molar-refractivity contribution in [2.24, 2.45) is 0 Å². The highest BCUT2D eigenvalue weighted by Gasteiger charge is 2.31. The van der Waals surface area contributed by atoms with Gasteiger partial charge in [-0.1, -0.05) is 17.7 Å². The average Bonchev–Trinajstić information content (AvgIpc) is 2.59. The van der Waals surface area contributed by atoms with Crippen molar-refractivity contribution in [2.45, 2.75) is 45.4 Å². The number of nitrogens with zero attached hydrogens (tertiary/aromatic N) is 1. The Morgan fingerprint density at radius 2 is 2.26 bits per heavy atom. The first-order valence-corrected chi connectivity index (χ1v) is 9.58. The van der Waals surface area contributed by atoms with E-state index in [2.05, 4.69) is 10.6 Å². The predicted octanol–water partition coefficient (Wildman–Crippen LogP) is 2.10. The lowest BCUT2D eigenvalue weighted by molar-refractivity contribution is -0.134. The van der Waals surface area contributed by atoms with Crippen LogP contribution < -0.4 is 10.6 Å². The van der Waals surface area contributed by atoms with Crippen LogP contribution in [0.15, 0.2) is 18.2 Å². The topological polar surface area (TPSA) is 70.7 Å². The number of carbonyl (C=O) groups excluding carboxylic acids is 2. The van der Waals surface area contributed by atoms with Gasteiger partial charge in [0.1, 0.15) is 5.82 Å². The number of nitrogens with one attached hydrogen (secondary N) is 2. The molecule has 1 aliphatic rings. The van der Waals surface area contributed by atoms with Crippen molar-refractivity contribution in [1.82, 2.24) is 15.5 Å². The number of halogens is 2. The highest BCUT2D eigenvalue weighted by atomic mass is 35.5. The second kappa shape index (κ2) is 10.6. The Bertz CT molecular complexity index is 657. The maximum absolute atomic E-state index is 13.2. The molecular weight excluding hydrogens is 373 g/mol. The van der Waals surface area contributed by atoms with E-state index in [-0.39, 0.29) is 24.3 Å². The molecule has 0 aromatic heterocycles. The summed E-state index contributed by atoms with van der Waals surface area (Å²) in [4.78, 5) is 26.4. The van der Waals surface area contributed by atoms with E-state index in [1.54, 1.807) is 6.07 Å². The lowest BCUT2D eigenvalue weighted by Crippen LogP contribution is -2.56. The van der Waals surface area contributed by atoms with Crippen LogP contribution in [0.2, 0.25) is 5.02 Å². The highest BCUT2D eigenvalue weighted by Crippen LogP contribution is 2.21. The number of hydrogen-bond donors (Lipinski definition) is 2. The van der Waals surface area contributed by atoms with E-state index >= 15 is 0 Å². The van der Waals surface area contributed by atoms with E-state index in [1.165, 1.54) is 12.1 Å². The van der Waals surface area contributed by atoms with E-state index in [0.29, 0.717) is 37.8 Å². The van der Waals surface area contributed by atoms with Gasteiger partial charge in [0.2, 0.25) is 11.8 Å². The Kier molecular flexibility index (Phi) is 8.47. The Morgan fingerprint density at radius 3 is 2.96 bits per heavy atom. The molecule has 27 heavy (non-hydrogen) atoms. The van der Waals surface area contributed by atoms with Crippen LogP contribution in [-0.4, -0.2) is 55.1 Å². The van der Waals surface area contributed by atoms with Crippen LogP contribution in [0.1, 0.15) is 32.3 Å². The van der Waals surface area contributed by atoms with Crippen molar-refractivity contribution >= 4 is 23.4 Å². The Balaban J connectivity index is 1.89. The molecule has 1 fully saturated rings. The fourth-order valence-corrected chi connectivity index (χ4v) is 3.14. The summed E-state index contributed by atoms with van der Waals surface area (Å²) < 4.78 is 18.7. The van der Waals surface area contributed by atoms with Crippen LogP contribution in [0.25, 0.3) is 0 Å². The van der Waals surface area contributed by atoms with E-state index in [4.69, 9.17) is 16.3 Å². The van der Waals surface area contributed by atoms with Gasteiger partial charge in [-0.05, 0) is 38.0 Å². The summed E-state index contributed by atoms with van der Waals surface area (Å²) in [6, 6.07) is 3.62. The second-order valence-corrected chi connectivity index (χ2v) is 7.25. The average molecular weight is 400 g/mol. The fourth-order valence-electron chi connectivity index (χ4n) is 2.91. The monoisotopic (exact) mass is 399 g/mol. The van der Waals surface area contributed by atoms with Gasteiger partial charge in [-0.25, -0.2) is 4.39 Å². The first-order valence-electron chi connectivity index (χ1n) is 9.21. The number of ether oxygens (including phenoxy) is 1. The van der Waals surface area contributed by atoms with E-state index in [9.17, 15) is 14.0 Å². The van der Waals surface area contributed by atoms with Crippen molar-refractivity contribution in [3.63, 3.8) is 0 Å². The fraction of sp³-hybridized carbons (Fsp3) is 0.579. The summed E-state index contributed by atoms with van der Waals surface area (Å²) in [5.74, 6) is -0.771. The molecule has 2 rings (SSSR count). The lowest BCUT2D eigenvalue weighted by atomic mass is 10.1. The van der Waals surface area contributed by atoms with Crippen molar-refractivity contribution < 1.29 is 18.7 Å². The molecule has 0 saturated carbocycles. The summed E-state index contributed by atoms with van der Waals surface area (Å²) in [6.07, 6.45) is 0.948. The van der Waals surface area contributed by atoms with Crippen LogP contribution in [0.3, 0.4) is 0 Å². The van der Waals surface area contributed by atoms with Crippen molar-refractivity contribution in [1.29, 1.82) is 0 Å². The number of amides is 2. The summed E-state index contributed by atoms with van der Waals surface area (Å²) in [5, 5.41) is 5.93. The lowest BCUT2D eigenvalue weighted by Gasteiger charge is -2.34. The minimum absolute atomic E-state index is 0.0652. The first kappa shape index (κ1) is 21.6. The standard InChI is InChI=1S/C19H27ClFN3O3/c1-13(2)27-9-3-6-22-18(25)11-17-19(26)23-7-8-24(17)12-14-4-5-15(21)10-16(14)20/h4-5,10,13,17H,3,6-9,11-12H2,1-2H3,(H,22,25)(H,23,26)/t17-/m1/s1. The maximum Gasteiger partial charge on any atom is 0.237 e. The van der Waals surface area contributed by atoms with E-state index in [1.807, 2.05) is 18.7 Å². The summed E-state index contributed by atoms with van der Waals surface area (Å²) in [7, 11) is 0. The number of rotatable bonds is 9. The predicted molar refractivity (Wildman–Crippen MR) is 102 cm³/mol. The molecule has 6 nitrogen and oxygen atoms in total. The minimum Gasteiger partial charge on any atom is -0.379 e. The van der Waals surface area contributed by atoms with Crippen molar-refractivity contribution in [3.8, 4) is 0 Å². The van der Waals surface area contributed by atoms with Gasteiger partial charge < -0.3 is 15.4 Å². The quantitative estimate of drug-likeness (QED) is 0.624. The third-order valence-electron chi connectivity index (χ3n) is 4.30. The molecule has 1 aromatic rings. The molecule has 2 N–H and O–H groups in total. The SMILES string of the molecule is CC(C)OCCCNC(=O)C[C@@H]1C(=O)NCCN1Cc1ccc(F)cc1Cl. The van der Waals surface area contributed by atoms with E-state index < -0.39 is 11.9 Å². The molecule has 0 spiro atoms. The normalized spacial score (nSPS) is 17.8. The van der Waals surface area contributed by atoms with Gasteiger partial charge in [-0.2, -0.15) is 0 Å². The van der Waals surface area contributed by atoms with Crippen molar-refractivity contribution in [3.05, 3.63) is 34.6 Å². The summed E-state index contributed by atoms with van der Waals surface area (Å²) in [5.41, 5.74) is 0.726. The largest absolute Gasteiger partial charge is 0.379 e. The number of piperazine rings is 1. The molecule has 0 unspecified atom stereocenters. The van der Waals surface area contributed by atoms with Crippen molar-refractivity contribution in [2.75, 3.05) is 26.2 Å². The molecule has 1 heterocycles. The van der Waals surface area contributed by atoms with E-state index in [0.717, 1.165) is 12.0 Å². The molecule has 0 bridgehead atoms. The zero-order valence-electron chi connectivity index (χ0n) is 15.8. The number of hydrogen-bond acceptors (Lipinski definition) is 4. The Hall–Kier alpha value is -1.70. The van der Waals surface area contributed by atoms with Gasteiger partial charge in [0.05, 0.1) is 18.6 Å². The first-order chi connectivity index (χ1) is 12.9. The van der Waals surface area contributed by atoms with Gasteiger partial charge in [0.25, 0.3) is 0 Å². The molecule has 150 valence electrons. The molecule has 1 atom stereocenters. The van der Waals surface area contributed by atoms with Crippen LogP contribution in [0.5, 0.6) is 0 Å². The number of benzene rings is 1. The molecule has 8 heteroatoms. The minimum atomic E-state index is -0.577. The van der Waals surface area contributed by atoms with Gasteiger partial charge >= 0.3 is 0 Å². The zero-order valence-corrected chi connectivity index (χ0v) is 16.5. The van der Waals surface area contributed by atoms with Crippen LogP contribution >= 0.6 is 11.6 Å². The Morgan fingerprint density at radius 1 is 1.48 bits per heavy atom. The summed E-state index contributed by atoms with van der Waals surface area (Å²) >= 11 is 6.10. The number of carbonyl (C=O) groups is 2. The van der Waals surface area contributed by atoms with Gasteiger partial charge in [-0.3, -0.25) is 14.5 Å². The molecule has 1 aliphatic heterocycles. The van der Waals surface area contributed by atoms with Crippen LogP contribution in [0.4, 0.5) is 4.39 Å². The third kappa shape index (κ3) is 7.08. The maximum atomic E-state index is 13.2. The molecular formula is C19H27ClFN3O3. The van der Waals surface area contributed by atoms with Gasteiger partial charge in [0.15, 0.2) is 0 Å². The van der Waals surface area contributed by atoms with Crippen LogP contribution in [-0.2, 0) is 20.9 Å². The smallest absolute Gasteiger partial charge is 0.237 e. The third-order valence-corrected chi connectivity index (χ3v) is 4.66. The second-order valence-electron chi connectivity index (χ2n) is 6.84. The molecule has 2 amide bonds. The molecule has 0 radical (unpaired) electrons. The van der Waals surface area contributed by atoms with Gasteiger partial charge in [0, 0.05) is 37.8 Å². The Labute approximate surface area is 164 Å². The molecule has 1 aromatic carbocycles. The van der Waals surface area contributed by atoms with Gasteiger partial charge in [-0.15, -0.1) is 0 Å².